The van der Waals surface area contributed by atoms with Crippen LogP contribution in [0.4, 0.5) is 4.39 Å². The van der Waals surface area contributed by atoms with Gasteiger partial charge in [0.1, 0.15) is 12.4 Å². The first-order chi connectivity index (χ1) is 16.4. The van der Waals surface area contributed by atoms with Crippen LogP contribution in [0.1, 0.15) is 32.9 Å². The van der Waals surface area contributed by atoms with Crippen LogP contribution in [0.2, 0.25) is 5.02 Å². The Morgan fingerprint density at radius 3 is 2.68 bits per heavy atom. The number of aromatic amines is 1. The predicted octanol–water partition coefficient (Wildman–Crippen LogP) is 2.88. The van der Waals surface area contributed by atoms with Crippen molar-refractivity contribution in [2.24, 2.45) is 0 Å². The van der Waals surface area contributed by atoms with Crippen molar-refractivity contribution in [1.82, 2.24) is 25.6 Å². The average molecular weight is 482 g/mol. The first kappa shape index (κ1) is 23.3. The molecule has 2 amide bonds. The molecule has 4 rings (SSSR count). The number of pyridine rings is 2. The normalized spacial score (nSPS) is 10.9. The molecule has 3 heterocycles. The molecule has 0 fully saturated rings. The predicted molar refractivity (Wildman–Crippen MR) is 125 cm³/mol. The van der Waals surface area contributed by atoms with Gasteiger partial charge in [-0.2, -0.15) is 0 Å². The molecule has 0 unspecified atom stereocenters. The van der Waals surface area contributed by atoms with E-state index in [1.54, 1.807) is 42.9 Å². The molecule has 0 saturated heterocycles. The number of carbonyl (C=O) groups is 2. The van der Waals surface area contributed by atoms with Crippen molar-refractivity contribution in [3.63, 3.8) is 0 Å². The molecule has 34 heavy (non-hydrogen) atoms. The van der Waals surface area contributed by atoms with E-state index in [-0.39, 0.29) is 19.0 Å². The summed E-state index contributed by atoms with van der Waals surface area (Å²) in [4.78, 5) is 35.3. The van der Waals surface area contributed by atoms with Crippen LogP contribution < -0.4 is 10.6 Å². The van der Waals surface area contributed by atoms with Gasteiger partial charge in [-0.3, -0.25) is 19.6 Å². The van der Waals surface area contributed by atoms with E-state index in [0.29, 0.717) is 44.9 Å². The van der Waals surface area contributed by atoms with E-state index >= 15 is 0 Å². The fourth-order valence-electron chi connectivity index (χ4n) is 3.40. The Bertz CT molecular complexity index is 1340. The van der Waals surface area contributed by atoms with E-state index < -0.39 is 18.3 Å². The maximum absolute atomic E-state index is 14.4. The van der Waals surface area contributed by atoms with E-state index in [9.17, 15) is 14.0 Å². The Labute approximate surface area is 199 Å². The average Bonchev–Trinajstić information content (AvgIpc) is 3.21. The van der Waals surface area contributed by atoms with Crippen LogP contribution in [0.15, 0.2) is 55.0 Å². The molecule has 174 valence electrons. The molecule has 3 aromatic heterocycles. The lowest BCUT2D eigenvalue weighted by Crippen LogP contribution is -2.25. The van der Waals surface area contributed by atoms with Crippen molar-refractivity contribution in [2.45, 2.75) is 19.5 Å². The number of nitrogens with one attached hydrogen (secondary N) is 3. The minimum absolute atomic E-state index is 0.0119. The molecule has 0 saturated carbocycles. The van der Waals surface area contributed by atoms with Crippen molar-refractivity contribution in [1.29, 1.82) is 0 Å². The molecule has 4 N–H and O–H groups in total. The van der Waals surface area contributed by atoms with Gasteiger partial charge in [0, 0.05) is 59.3 Å². The number of carbonyl (C=O) groups excluding carboxylic acids is 2. The molecule has 0 radical (unpaired) electrons. The third kappa shape index (κ3) is 5.56. The van der Waals surface area contributed by atoms with Gasteiger partial charge in [-0.25, -0.2) is 4.39 Å². The minimum atomic E-state index is -0.570. The summed E-state index contributed by atoms with van der Waals surface area (Å²) in [5, 5.41) is 15.2. The number of rotatable bonds is 8. The first-order valence-corrected chi connectivity index (χ1v) is 10.8. The highest BCUT2D eigenvalue weighted by molar-refractivity contribution is 6.35. The van der Waals surface area contributed by atoms with Gasteiger partial charge in [0.05, 0.1) is 17.3 Å². The van der Waals surface area contributed by atoms with Crippen molar-refractivity contribution < 1.29 is 19.1 Å². The summed E-state index contributed by atoms with van der Waals surface area (Å²) >= 11 is 6.10. The summed E-state index contributed by atoms with van der Waals surface area (Å²) in [6.45, 7) is -0.339. The molecular weight excluding hydrogens is 461 g/mol. The number of aromatic nitrogens is 3. The summed E-state index contributed by atoms with van der Waals surface area (Å²) in [6.07, 6.45) is 5.25. The molecule has 8 nitrogen and oxygen atoms in total. The number of halogens is 2. The van der Waals surface area contributed by atoms with Gasteiger partial charge in [0.2, 0.25) is 5.91 Å². The SMILES string of the molecule is O=C(CO)NCc1ccc(Cc2cc(C(=O)NCc3cc4c(Cl)c[nH]c4cc3F)ccn2)cn1. The molecule has 4 aromatic rings. The van der Waals surface area contributed by atoms with Crippen LogP contribution >= 0.6 is 11.6 Å². The number of nitrogens with zero attached hydrogens (tertiary/aromatic N) is 2. The Morgan fingerprint density at radius 1 is 1.06 bits per heavy atom. The van der Waals surface area contributed by atoms with Crippen LogP contribution in [0.3, 0.4) is 0 Å². The summed E-state index contributed by atoms with van der Waals surface area (Å²) in [6, 6.07) is 9.86. The highest BCUT2D eigenvalue weighted by Crippen LogP contribution is 2.25. The van der Waals surface area contributed by atoms with E-state index in [4.69, 9.17) is 16.7 Å². The Kier molecular flexibility index (Phi) is 7.15. The maximum atomic E-state index is 14.4. The van der Waals surface area contributed by atoms with Gasteiger partial charge in [-0.1, -0.05) is 17.7 Å². The van der Waals surface area contributed by atoms with E-state index in [1.165, 1.54) is 6.07 Å². The van der Waals surface area contributed by atoms with Gasteiger partial charge in [0.25, 0.3) is 5.91 Å². The van der Waals surface area contributed by atoms with Gasteiger partial charge < -0.3 is 20.7 Å². The number of benzene rings is 1. The molecule has 10 heteroatoms. The van der Waals surface area contributed by atoms with Crippen LogP contribution in [0.5, 0.6) is 0 Å². The summed E-state index contributed by atoms with van der Waals surface area (Å²) in [5.41, 5.74) is 3.52. The van der Waals surface area contributed by atoms with Crippen LogP contribution in [0.25, 0.3) is 10.9 Å². The Morgan fingerprint density at radius 2 is 1.91 bits per heavy atom. The fraction of sp³-hybridized carbons (Fsp3) is 0.167. The quantitative estimate of drug-likeness (QED) is 0.308. The fourth-order valence-corrected chi connectivity index (χ4v) is 3.61. The topological polar surface area (TPSA) is 120 Å². The van der Waals surface area contributed by atoms with Gasteiger partial charge in [0.15, 0.2) is 0 Å². The molecule has 0 bridgehead atoms. The number of fused-ring (bicyclic) bond motifs is 1. The lowest BCUT2D eigenvalue weighted by molar-refractivity contribution is -0.124. The second-order valence-electron chi connectivity index (χ2n) is 7.61. The van der Waals surface area contributed by atoms with E-state index in [0.717, 1.165) is 5.56 Å². The van der Waals surface area contributed by atoms with E-state index in [2.05, 4.69) is 25.6 Å². The summed E-state index contributed by atoms with van der Waals surface area (Å²) in [5.74, 6) is -1.26. The van der Waals surface area contributed by atoms with Gasteiger partial charge in [-0.15, -0.1) is 0 Å². The van der Waals surface area contributed by atoms with Gasteiger partial charge >= 0.3 is 0 Å². The number of hydrogen-bond donors (Lipinski definition) is 4. The molecule has 0 atom stereocenters. The first-order valence-electron chi connectivity index (χ1n) is 10.4. The number of aliphatic hydroxyl groups is 1. The molecule has 0 aliphatic rings. The summed E-state index contributed by atoms with van der Waals surface area (Å²) < 4.78 is 14.4. The molecule has 0 aliphatic heterocycles. The Balaban J connectivity index is 1.38. The maximum Gasteiger partial charge on any atom is 0.251 e. The van der Waals surface area contributed by atoms with E-state index in [1.807, 2.05) is 6.07 Å². The van der Waals surface area contributed by atoms with Gasteiger partial charge in [-0.05, 0) is 35.9 Å². The van der Waals surface area contributed by atoms with Crippen LogP contribution in [0, 0.1) is 5.82 Å². The Hall–Kier alpha value is -3.82. The number of H-pyrrole nitrogens is 1. The lowest BCUT2D eigenvalue weighted by atomic mass is 10.1. The summed E-state index contributed by atoms with van der Waals surface area (Å²) in [7, 11) is 0. The molecule has 1 aromatic carbocycles. The monoisotopic (exact) mass is 481 g/mol. The molecular formula is C24H21ClFN5O3. The number of amides is 2. The van der Waals surface area contributed by atoms with Crippen molar-refractivity contribution in [3.05, 3.63) is 93.9 Å². The lowest BCUT2D eigenvalue weighted by Gasteiger charge is -2.09. The molecule has 0 aliphatic carbocycles. The van der Waals surface area contributed by atoms with Crippen molar-refractivity contribution in [2.75, 3.05) is 6.61 Å². The smallest absolute Gasteiger partial charge is 0.251 e. The number of hydrogen-bond acceptors (Lipinski definition) is 5. The highest BCUT2D eigenvalue weighted by Gasteiger charge is 2.12. The minimum Gasteiger partial charge on any atom is -0.387 e. The third-order valence-corrected chi connectivity index (χ3v) is 5.51. The van der Waals surface area contributed by atoms with Crippen LogP contribution in [-0.4, -0.2) is 38.5 Å². The second kappa shape index (κ2) is 10.4. The highest BCUT2D eigenvalue weighted by atomic mass is 35.5. The largest absolute Gasteiger partial charge is 0.387 e. The third-order valence-electron chi connectivity index (χ3n) is 5.20. The zero-order valence-electron chi connectivity index (χ0n) is 17.9. The number of aliphatic hydroxyl groups excluding tert-OH is 1. The second-order valence-corrected chi connectivity index (χ2v) is 8.02. The zero-order valence-corrected chi connectivity index (χ0v) is 18.7. The van der Waals surface area contributed by atoms with Crippen molar-refractivity contribution in [3.8, 4) is 0 Å². The van der Waals surface area contributed by atoms with Crippen LogP contribution in [-0.2, 0) is 24.3 Å². The standard InChI is InChI=1S/C24H21ClFN5O3/c25-20-12-29-22-8-21(26)16(7-19(20)22)10-31-24(34)15-3-4-27-18(6-15)5-14-1-2-17(28-9-14)11-30-23(33)13-32/h1-4,6-9,12,29,32H,5,10-11,13H2,(H,30,33)(H,31,34). The molecule has 0 spiro atoms. The zero-order chi connectivity index (χ0) is 24.1. The van der Waals surface area contributed by atoms with Crippen molar-refractivity contribution >= 4 is 34.3 Å².